The molecule has 0 aliphatic heterocycles. The van der Waals surface area contributed by atoms with Gasteiger partial charge in [0.15, 0.2) is 17.4 Å². The van der Waals surface area contributed by atoms with Crippen molar-refractivity contribution in [3.8, 4) is 22.6 Å². The summed E-state index contributed by atoms with van der Waals surface area (Å²) in [6.07, 6.45) is 0. The van der Waals surface area contributed by atoms with Crippen LogP contribution in [0.15, 0.2) is 40.8 Å². The van der Waals surface area contributed by atoms with Crippen LogP contribution >= 0.6 is 11.3 Å². The fourth-order valence-electron chi connectivity index (χ4n) is 2.23. The summed E-state index contributed by atoms with van der Waals surface area (Å²) in [7, 11) is 0. The summed E-state index contributed by atoms with van der Waals surface area (Å²) < 4.78 is 10.8. The predicted molar refractivity (Wildman–Crippen MR) is 94.8 cm³/mol. The Balaban J connectivity index is 1.78. The largest absolute Gasteiger partial charge is 0.479 e. The van der Waals surface area contributed by atoms with Crippen LogP contribution in [0.25, 0.3) is 10.8 Å². The van der Waals surface area contributed by atoms with Crippen LogP contribution in [0.5, 0.6) is 5.75 Å². The lowest BCUT2D eigenvalue weighted by Crippen LogP contribution is -2.11. The van der Waals surface area contributed by atoms with Crippen molar-refractivity contribution < 1.29 is 13.9 Å². The first-order valence-electron chi connectivity index (χ1n) is 7.52. The topological polar surface area (TPSA) is 88.1 Å². The second kappa shape index (κ2) is 7.20. The Hall–Kier alpha value is -3.11. The third-order valence-corrected chi connectivity index (χ3v) is 4.52. The summed E-state index contributed by atoms with van der Waals surface area (Å²) in [5.41, 5.74) is 1.23. The van der Waals surface area contributed by atoms with Gasteiger partial charge in [-0.2, -0.15) is 5.26 Å². The molecule has 7 heteroatoms. The van der Waals surface area contributed by atoms with Gasteiger partial charge in [0.25, 0.3) is 5.91 Å². The van der Waals surface area contributed by atoms with E-state index in [0.29, 0.717) is 32.8 Å². The molecule has 0 saturated carbocycles. The Morgan fingerprint density at radius 1 is 1.36 bits per heavy atom. The second-order valence-electron chi connectivity index (χ2n) is 5.27. The summed E-state index contributed by atoms with van der Waals surface area (Å²) in [5.74, 6) is 1.72. The van der Waals surface area contributed by atoms with Gasteiger partial charge in [0, 0.05) is 11.8 Å². The number of carbonyl (C=O) groups is 1. The first-order valence-corrected chi connectivity index (χ1v) is 8.34. The molecule has 0 saturated heterocycles. The van der Waals surface area contributed by atoms with E-state index in [4.69, 9.17) is 14.4 Å². The van der Waals surface area contributed by atoms with Crippen LogP contribution in [0.1, 0.15) is 21.1 Å². The van der Waals surface area contributed by atoms with Crippen molar-refractivity contribution in [2.45, 2.75) is 13.8 Å². The normalized spacial score (nSPS) is 10.3. The Kier molecular flexibility index (Phi) is 4.82. The minimum absolute atomic E-state index is 0.0444. The molecular weight excluding hydrogens is 338 g/mol. The van der Waals surface area contributed by atoms with E-state index >= 15 is 0 Å². The number of ether oxygens (including phenoxy) is 1. The maximum absolute atomic E-state index is 12.5. The Bertz CT molecular complexity index is 953. The quantitative estimate of drug-likeness (QED) is 0.743. The minimum atomic E-state index is -0.248. The van der Waals surface area contributed by atoms with Gasteiger partial charge in [-0.05, 0) is 38.1 Å². The van der Waals surface area contributed by atoms with E-state index in [-0.39, 0.29) is 12.5 Å². The summed E-state index contributed by atoms with van der Waals surface area (Å²) >= 11 is 1.28. The number of anilines is 1. The molecule has 3 rings (SSSR count). The average molecular weight is 353 g/mol. The molecule has 6 nitrogen and oxygen atoms in total. The SMILES string of the molecule is Cc1ccc(-c2nc(C)c(C(=O)Nc3cccc(OCC#N)c3)s2)o1. The number of thiazole rings is 1. The van der Waals surface area contributed by atoms with Crippen molar-refractivity contribution in [1.82, 2.24) is 4.98 Å². The smallest absolute Gasteiger partial charge is 0.267 e. The average Bonchev–Trinajstić information content (AvgIpc) is 3.19. The fourth-order valence-corrected chi connectivity index (χ4v) is 3.15. The van der Waals surface area contributed by atoms with Crippen molar-refractivity contribution in [1.29, 1.82) is 5.26 Å². The molecule has 126 valence electrons. The Morgan fingerprint density at radius 2 is 2.20 bits per heavy atom. The summed E-state index contributed by atoms with van der Waals surface area (Å²) in [6.45, 7) is 3.60. The third kappa shape index (κ3) is 3.87. The zero-order valence-corrected chi connectivity index (χ0v) is 14.5. The van der Waals surface area contributed by atoms with Crippen LogP contribution < -0.4 is 10.1 Å². The van der Waals surface area contributed by atoms with Crippen molar-refractivity contribution >= 4 is 22.9 Å². The summed E-state index contributed by atoms with van der Waals surface area (Å²) in [4.78, 5) is 17.5. The highest BCUT2D eigenvalue weighted by Gasteiger charge is 2.18. The highest BCUT2D eigenvalue weighted by molar-refractivity contribution is 7.17. The molecular formula is C18H15N3O3S. The van der Waals surface area contributed by atoms with Crippen molar-refractivity contribution in [3.05, 3.63) is 52.7 Å². The number of benzene rings is 1. The molecule has 0 aliphatic rings. The number of aryl methyl sites for hydroxylation is 2. The van der Waals surface area contributed by atoms with Gasteiger partial charge in [-0.15, -0.1) is 11.3 Å². The molecule has 0 aliphatic carbocycles. The van der Waals surface area contributed by atoms with E-state index in [1.807, 2.05) is 25.1 Å². The lowest BCUT2D eigenvalue weighted by atomic mass is 10.3. The number of amides is 1. The maximum Gasteiger partial charge on any atom is 0.267 e. The Labute approximate surface area is 148 Å². The first kappa shape index (κ1) is 16.7. The fraction of sp³-hybridized carbons (Fsp3) is 0.167. The van der Waals surface area contributed by atoms with Crippen molar-refractivity contribution in [2.24, 2.45) is 0 Å². The molecule has 2 heterocycles. The van der Waals surface area contributed by atoms with Gasteiger partial charge in [0.05, 0.1) is 5.69 Å². The lowest BCUT2D eigenvalue weighted by Gasteiger charge is -2.06. The van der Waals surface area contributed by atoms with E-state index in [0.717, 1.165) is 5.76 Å². The standard InChI is InChI=1S/C18H15N3O3S/c1-11-6-7-15(24-11)18-20-12(2)16(25-18)17(22)21-13-4-3-5-14(10-13)23-9-8-19/h3-7,10H,9H2,1-2H3,(H,21,22). The number of nitrogens with one attached hydrogen (secondary N) is 1. The molecule has 25 heavy (non-hydrogen) atoms. The van der Waals surface area contributed by atoms with Crippen LogP contribution in [-0.2, 0) is 0 Å². The molecule has 3 aromatic rings. The third-order valence-electron chi connectivity index (χ3n) is 3.35. The molecule has 1 amide bonds. The predicted octanol–water partition coefficient (Wildman–Crippen LogP) is 4.17. The number of nitrogens with zero attached hydrogens (tertiary/aromatic N) is 2. The molecule has 1 aromatic carbocycles. The molecule has 0 fully saturated rings. The van der Waals surface area contributed by atoms with Crippen LogP contribution in [-0.4, -0.2) is 17.5 Å². The van der Waals surface area contributed by atoms with Gasteiger partial charge in [0.1, 0.15) is 22.5 Å². The number of furan rings is 1. The molecule has 1 N–H and O–H groups in total. The monoisotopic (exact) mass is 353 g/mol. The summed E-state index contributed by atoms with van der Waals surface area (Å²) in [5, 5.41) is 12.1. The van der Waals surface area contributed by atoms with Gasteiger partial charge in [0.2, 0.25) is 0 Å². The van der Waals surface area contributed by atoms with Crippen molar-refractivity contribution in [3.63, 3.8) is 0 Å². The van der Waals surface area contributed by atoms with Gasteiger partial charge in [-0.25, -0.2) is 4.98 Å². The molecule has 0 radical (unpaired) electrons. The zero-order chi connectivity index (χ0) is 17.8. The van der Waals surface area contributed by atoms with E-state index in [9.17, 15) is 4.79 Å². The molecule has 0 unspecified atom stereocenters. The van der Waals surface area contributed by atoms with E-state index < -0.39 is 0 Å². The second-order valence-corrected chi connectivity index (χ2v) is 6.27. The maximum atomic E-state index is 12.5. The van der Waals surface area contributed by atoms with Gasteiger partial charge in [-0.3, -0.25) is 4.79 Å². The Morgan fingerprint density at radius 3 is 2.92 bits per heavy atom. The van der Waals surface area contributed by atoms with Crippen molar-refractivity contribution in [2.75, 3.05) is 11.9 Å². The number of nitriles is 1. The number of carbonyl (C=O) groups excluding carboxylic acids is 1. The summed E-state index contributed by atoms with van der Waals surface area (Å²) in [6, 6.07) is 12.5. The molecule has 2 aromatic heterocycles. The van der Waals surface area contributed by atoms with Gasteiger partial charge >= 0.3 is 0 Å². The van der Waals surface area contributed by atoms with Crippen LogP contribution in [0.2, 0.25) is 0 Å². The van der Waals surface area contributed by atoms with Crippen LogP contribution in [0.3, 0.4) is 0 Å². The zero-order valence-electron chi connectivity index (χ0n) is 13.7. The highest BCUT2D eigenvalue weighted by Crippen LogP contribution is 2.30. The van der Waals surface area contributed by atoms with E-state index in [1.165, 1.54) is 11.3 Å². The highest BCUT2D eigenvalue weighted by atomic mass is 32.1. The number of aromatic nitrogens is 1. The lowest BCUT2D eigenvalue weighted by molar-refractivity contribution is 0.103. The number of rotatable bonds is 5. The van der Waals surface area contributed by atoms with E-state index in [1.54, 1.807) is 31.2 Å². The number of hydrogen-bond donors (Lipinski definition) is 1. The van der Waals surface area contributed by atoms with Gasteiger partial charge in [-0.1, -0.05) is 6.07 Å². The van der Waals surface area contributed by atoms with Crippen LogP contribution in [0.4, 0.5) is 5.69 Å². The minimum Gasteiger partial charge on any atom is -0.479 e. The number of hydrogen-bond acceptors (Lipinski definition) is 6. The molecule has 0 atom stereocenters. The van der Waals surface area contributed by atoms with E-state index in [2.05, 4.69) is 10.3 Å². The molecule has 0 bridgehead atoms. The first-order chi connectivity index (χ1) is 12.1. The van der Waals surface area contributed by atoms with Gasteiger partial charge < -0.3 is 14.5 Å². The van der Waals surface area contributed by atoms with Crippen LogP contribution in [0, 0.1) is 25.2 Å². The molecule has 0 spiro atoms.